The van der Waals surface area contributed by atoms with Crippen LogP contribution in [-0.2, 0) is 57.6 Å². The minimum absolute atomic E-state index is 0.0632. The Bertz CT molecular complexity index is 1820. The average molecular weight is 791 g/mol. The first-order valence-corrected chi connectivity index (χ1v) is 20.1. The molecule has 0 spiro atoms. The molecule has 4 amide bonds. The van der Waals surface area contributed by atoms with Gasteiger partial charge in [0.25, 0.3) is 0 Å². The van der Waals surface area contributed by atoms with Gasteiger partial charge in [-0.2, -0.15) is 0 Å². The molecule has 2 aromatic heterocycles. The molecule has 14 nitrogen and oxygen atoms in total. The van der Waals surface area contributed by atoms with Gasteiger partial charge in [-0.05, 0) is 72.2 Å². The molecule has 0 radical (unpaired) electrons. The van der Waals surface area contributed by atoms with Crippen molar-refractivity contribution in [3.05, 3.63) is 119 Å². The fourth-order valence-corrected chi connectivity index (χ4v) is 7.08. The van der Waals surface area contributed by atoms with Gasteiger partial charge in [0.15, 0.2) is 0 Å². The van der Waals surface area contributed by atoms with Gasteiger partial charge < -0.3 is 29.1 Å². The zero-order valence-corrected chi connectivity index (χ0v) is 33.6. The van der Waals surface area contributed by atoms with Crippen molar-refractivity contribution in [3.8, 4) is 0 Å². The fourth-order valence-electron chi connectivity index (χ4n) is 7.08. The second-order valence-corrected chi connectivity index (χ2v) is 14.7. The topological polar surface area (TPSA) is 155 Å². The molecule has 2 aromatic carbocycles. The molecular formula is C44H54N8O6. The molecule has 0 atom stereocenters. The van der Waals surface area contributed by atoms with Crippen molar-refractivity contribution >= 4 is 35.4 Å². The highest BCUT2D eigenvalue weighted by Gasteiger charge is 2.22. The van der Waals surface area contributed by atoms with Gasteiger partial charge in [0.2, 0.25) is 11.8 Å². The van der Waals surface area contributed by atoms with Crippen LogP contribution in [-0.4, -0.2) is 114 Å². The summed E-state index contributed by atoms with van der Waals surface area (Å²) >= 11 is 0. The number of aromatic nitrogens is 2. The van der Waals surface area contributed by atoms with E-state index in [1.54, 1.807) is 13.8 Å². The second kappa shape index (κ2) is 20.4. The highest BCUT2D eigenvalue weighted by atomic mass is 16.6. The first-order valence-electron chi connectivity index (χ1n) is 20.1. The molecular weight excluding hydrogens is 737 g/mol. The minimum atomic E-state index is -0.973. The summed E-state index contributed by atoms with van der Waals surface area (Å²) in [5, 5.41) is 0.358. The molecule has 0 saturated carbocycles. The van der Waals surface area contributed by atoms with E-state index in [4.69, 9.17) is 15.3 Å². The van der Waals surface area contributed by atoms with E-state index in [1.807, 2.05) is 46.5 Å². The maximum atomic E-state index is 12.4. The zero-order chi connectivity index (χ0) is 40.9. The number of rotatable bonds is 14. The lowest BCUT2D eigenvalue weighted by Crippen LogP contribution is -2.48. The molecule has 306 valence electrons. The number of aryl methyl sites for hydroxylation is 4. The molecule has 4 heterocycles. The number of pyridine rings is 2. The number of ether oxygens (including phenoxy) is 2. The Morgan fingerprint density at radius 1 is 0.517 bits per heavy atom. The Hall–Kier alpha value is -6.02. The van der Waals surface area contributed by atoms with E-state index in [2.05, 4.69) is 68.3 Å². The number of hydrazine groups is 1. The van der Waals surface area contributed by atoms with Gasteiger partial charge in [0, 0.05) is 90.4 Å². The third-order valence-electron chi connectivity index (χ3n) is 10.8. The molecule has 58 heavy (non-hydrogen) atoms. The molecule has 0 aliphatic carbocycles. The summed E-state index contributed by atoms with van der Waals surface area (Å²) < 4.78 is 10.4. The Labute approximate surface area is 340 Å². The van der Waals surface area contributed by atoms with Gasteiger partial charge in [-0.3, -0.25) is 19.6 Å². The molecule has 2 N–H and O–H groups in total. The van der Waals surface area contributed by atoms with Gasteiger partial charge in [-0.1, -0.05) is 48.5 Å². The van der Waals surface area contributed by atoms with E-state index in [-0.39, 0.29) is 25.0 Å². The normalized spacial score (nSPS) is 14.3. The number of hydrogen-bond donors (Lipinski definition) is 1. The van der Waals surface area contributed by atoms with E-state index in [9.17, 15) is 19.2 Å². The zero-order valence-electron chi connectivity index (χ0n) is 33.6. The van der Waals surface area contributed by atoms with E-state index >= 15 is 0 Å². The van der Waals surface area contributed by atoms with Crippen LogP contribution < -0.4 is 15.6 Å². The third kappa shape index (κ3) is 12.0. The number of nitrogens with two attached hydrogens (primary N) is 1. The maximum Gasteiger partial charge on any atom is 0.434 e. The first-order chi connectivity index (χ1) is 28.1. The predicted octanol–water partition coefficient (Wildman–Crippen LogP) is 4.62. The Morgan fingerprint density at radius 3 is 1.17 bits per heavy atom. The number of benzene rings is 2. The number of amides is 4. The van der Waals surface area contributed by atoms with Crippen LogP contribution in [0.15, 0.2) is 85.2 Å². The lowest BCUT2D eigenvalue weighted by molar-refractivity contribution is -0.129. The van der Waals surface area contributed by atoms with Crippen molar-refractivity contribution in [1.29, 1.82) is 0 Å². The first kappa shape index (κ1) is 41.6. The van der Waals surface area contributed by atoms with E-state index in [0.29, 0.717) is 17.9 Å². The van der Waals surface area contributed by atoms with Crippen LogP contribution in [0.25, 0.3) is 0 Å². The van der Waals surface area contributed by atoms with Crippen molar-refractivity contribution in [2.24, 2.45) is 5.84 Å². The molecule has 6 rings (SSSR count). The number of piperazine rings is 2. The van der Waals surface area contributed by atoms with Crippen LogP contribution in [0.2, 0.25) is 0 Å². The smallest absolute Gasteiger partial charge is 0.434 e. The molecule has 2 aliphatic rings. The van der Waals surface area contributed by atoms with E-state index < -0.39 is 12.2 Å². The fraction of sp³-hybridized carbons (Fsp3) is 0.409. The number of hydrogen-bond acceptors (Lipinski definition) is 11. The number of nitrogens with zero attached hydrogens (tertiary/aromatic N) is 7. The van der Waals surface area contributed by atoms with Gasteiger partial charge in [-0.25, -0.2) is 15.4 Å². The molecule has 0 bridgehead atoms. The Morgan fingerprint density at radius 2 is 0.862 bits per heavy atom. The third-order valence-corrected chi connectivity index (χ3v) is 10.8. The van der Waals surface area contributed by atoms with Crippen molar-refractivity contribution in [1.82, 2.24) is 24.8 Å². The summed E-state index contributed by atoms with van der Waals surface area (Å²) in [6.45, 7) is 9.52. The van der Waals surface area contributed by atoms with Crippen molar-refractivity contribution in [2.45, 2.75) is 52.4 Å². The van der Waals surface area contributed by atoms with Gasteiger partial charge in [0.05, 0.1) is 37.0 Å². The lowest BCUT2D eigenvalue weighted by atomic mass is 10.0. The van der Waals surface area contributed by atoms with Crippen molar-refractivity contribution in [3.63, 3.8) is 0 Å². The van der Waals surface area contributed by atoms with Gasteiger partial charge in [-0.15, -0.1) is 5.01 Å². The summed E-state index contributed by atoms with van der Waals surface area (Å²) in [5.41, 5.74) is 8.52. The lowest BCUT2D eigenvalue weighted by Gasteiger charge is -2.35. The van der Waals surface area contributed by atoms with Crippen LogP contribution in [0.1, 0.15) is 47.5 Å². The van der Waals surface area contributed by atoms with Crippen LogP contribution in [0.5, 0.6) is 0 Å². The average Bonchev–Trinajstić information content (AvgIpc) is 3.26. The summed E-state index contributed by atoms with van der Waals surface area (Å²) in [6.07, 6.45) is 6.12. The molecule has 2 saturated heterocycles. The number of imide groups is 1. The van der Waals surface area contributed by atoms with Crippen LogP contribution >= 0.6 is 0 Å². The van der Waals surface area contributed by atoms with Crippen molar-refractivity contribution < 1.29 is 28.7 Å². The van der Waals surface area contributed by atoms with E-state index in [1.165, 1.54) is 11.1 Å². The van der Waals surface area contributed by atoms with E-state index in [0.717, 1.165) is 112 Å². The van der Waals surface area contributed by atoms with Crippen molar-refractivity contribution in [2.75, 3.05) is 75.4 Å². The Kier molecular flexibility index (Phi) is 14.6. The van der Waals surface area contributed by atoms with Crippen LogP contribution in [0, 0.1) is 0 Å². The molecule has 4 aromatic rings. The molecule has 2 aliphatic heterocycles. The van der Waals surface area contributed by atoms with Gasteiger partial charge >= 0.3 is 12.2 Å². The van der Waals surface area contributed by atoms with Crippen LogP contribution in [0.3, 0.4) is 0 Å². The van der Waals surface area contributed by atoms with Crippen LogP contribution in [0.4, 0.5) is 21.0 Å². The predicted molar refractivity (Wildman–Crippen MR) is 221 cm³/mol. The summed E-state index contributed by atoms with van der Waals surface area (Å²) in [7, 11) is 0. The number of carbonyl (C=O) groups is 4. The molecule has 14 heteroatoms. The second-order valence-electron chi connectivity index (χ2n) is 14.7. The summed E-state index contributed by atoms with van der Waals surface area (Å²) in [4.78, 5) is 65.5. The standard InChI is InChI=1S/C44H54N8O6/c1-33(53)48-21-25-50(26-22-48)41-17-15-39(46-31-41)13-11-35-3-7-37(8-4-35)19-29-57-43(55)52(45)44(56)58-30-20-38-9-5-36(6-10-38)12-14-40-16-18-42(32-47-40)51-27-23-49(24-28-51)34(2)54/h3-10,15-18,31-32H,11-14,19-30,45H2,1-2H3. The monoisotopic (exact) mass is 790 g/mol. The Balaban J connectivity index is 0.825. The number of carbonyl (C=O) groups excluding carboxylic acids is 4. The highest BCUT2D eigenvalue weighted by molar-refractivity contribution is 5.86. The maximum absolute atomic E-state index is 12.4. The number of anilines is 2. The highest BCUT2D eigenvalue weighted by Crippen LogP contribution is 2.19. The van der Waals surface area contributed by atoms with Gasteiger partial charge in [0.1, 0.15) is 0 Å². The largest absolute Gasteiger partial charge is 0.448 e. The molecule has 2 fully saturated rings. The summed E-state index contributed by atoms with van der Waals surface area (Å²) in [5.74, 6) is 5.93. The summed E-state index contributed by atoms with van der Waals surface area (Å²) in [6, 6.07) is 24.6. The SMILES string of the molecule is CC(=O)N1CCN(c2ccc(CCc3ccc(CCOC(=O)N(N)C(=O)OCCc4ccc(CCc5ccc(N6CCN(C(C)=O)CC6)cn5)cc4)cc3)nc2)CC1. The quantitative estimate of drug-likeness (QED) is 0.108. The minimum Gasteiger partial charge on any atom is -0.448 e. The molecule has 0 unspecified atom stereocenters.